The van der Waals surface area contributed by atoms with Crippen molar-refractivity contribution in [3.8, 4) is 5.75 Å². The number of ether oxygens (including phenoxy) is 2. The molecule has 7 nitrogen and oxygen atoms in total. The molecule has 5 rings (SSSR count). The fourth-order valence-corrected chi connectivity index (χ4v) is 5.84. The van der Waals surface area contributed by atoms with Crippen LogP contribution in [0.1, 0.15) is 12.2 Å². The lowest BCUT2D eigenvalue weighted by Crippen LogP contribution is -2.42. The SMILES string of the molecule is O=c1c2c(nc3n1CCC3)sc1c(OCC(O)CN3CCOCC3)c(Br)ccc12. The van der Waals surface area contributed by atoms with Crippen molar-refractivity contribution in [2.24, 2.45) is 0 Å². The summed E-state index contributed by atoms with van der Waals surface area (Å²) in [5.41, 5.74) is 0.0365. The smallest absolute Gasteiger partial charge is 0.262 e. The van der Waals surface area contributed by atoms with Gasteiger partial charge in [-0.05, 0) is 28.4 Å². The molecular weight excluding hydrogens is 458 g/mol. The van der Waals surface area contributed by atoms with E-state index in [0.29, 0.717) is 30.9 Å². The molecule has 1 saturated heterocycles. The standard InChI is InChI=1S/C20H22BrN3O4S/c21-14-4-3-13-16-19(22-15-2-1-5-24(15)20(16)26)29-18(13)17(14)28-11-12(25)10-23-6-8-27-9-7-23/h3-4,12,25H,1-2,5-11H2. The summed E-state index contributed by atoms with van der Waals surface area (Å²) in [6, 6.07) is 3.84. The molecule has 154 valence electrons. The number of β-amino-alcohol motifs (C(OH)–C–C–N with tert-alkyl or cyclic N) is 1. The number of aliphatic hydroxyl groups excluding tert-OH is 1. The van der Waals surface area contributed by atoms with Crippen LogP contribution in [0, 0.1) is 0 Å². The summed E-state index contributed by atoms with van der Waals surface area (Å²) in [5.74, 6) is 1.53. The largest absolute Gasteiger partial charge is 0.488 e. The lowest BCUT2D eigenvalue weighted by Gasteiger charge is -2.28. The Kier molecular flexibility index (Phi) is 5.34. The van der Waals surface area contributed by atoms with Gasteiger partial charge in [-0.3, -0.25) is 14.3 Å². The minimum atomic E-state index is -0.600. The monoisotopic (exact) mass is 479 g/mol. The number of thiophene rings is 1. The van der Waals surface area contributed by atoms with Crippen molar-refractivity contribution < 1.29 is 14.6 Å². The number of aromatic nitrogens is 2. The number of nitrogens with zero attached hydrogens (tertiary/aromatic N) is 3. The highest BCUT2D eigenvalue weighted by molar-refractivity contribution is 9.10. The zero-order valence-electron chi connectivity index (χ0n) is 15.9. The summed E-state index contributed by atoms with van der Waals surface area (Å²) in [6.07, 6.45) is 1.22. The average Bonchev–Trinajstić information content (AvgIpc) is 3.33. The van der Waals surface area contributed by atoms with Crippen LogP contribution in [0.15, 0.2) is 21.4 Å². The first-order valence-electron chi connectivity index (χ1n) is 9.87. The highest BCUT2D eigenvalue weighted by Gasteiger charge is 2.22. The Hall–Kier alpha value is -1.52. The summed E-state index contributed by atoms with van der Waals surface area (Å²) >= 11 is 5.05. The first-order chi connectivity index (χ1) is 14.1. The second-order valence-electron chi connectivity index (χ2n) is 7.50. The van der Waals surface area contributed by atoms with Crippen molar-refractivity contribution in [2.75, 3.05) is 39.5 Å². The van der Waals surface area contributed by atoms with Gasteiger partial charge in [0.25, 0.3) is 5.56 Å². The molecule has 0 amide bonds. The average molecular weight is 480 g/mol. The van der Waals surface area contributed by atoms with Crippen molar-refractivity contribution in [3.63, 3.8) is 0 Å². The molecule has 9 heteroatoms. The van der Waals surface area contributed by atoms with Crippen LogP contribution in [-0.4, -0.2) is 65.1 Å². The molecule has 3 aromatic rings. The molecule has 2 aliphatic heterocycles. The van der Waals surface area contributed by atoms with Crippen LogP contribution in [0.3, 0.4) is 0 Å². The maximum atomic E-state index is 13.0. The number of aliphatic hydroxyl groups is 1. The minimum Gasteiger partial charge on any atom is -0.488 e. The third-order valence-electron chi connectivity index (χ3n) is 5.52. The van der Waals surface area contributed by atoms with Gasteiger partial charge in [0.15, 0.2) is 5.75 Å². The van der Waals surface area contributed by atoms with Crippen molar-refractivity contribution in [1.82, 2.24) is 14.5 Å². The lowest BCUT2D eigenvalue weighted by atomic mass is 10.2. The number of hydrogen-bond acceptors (Lipinski definition) is 7. The maximum Gasteiger partial charge on any atom is 0.262 e. The van der Waals surface area contributed by atoms with E-state index < -0.39 is 6.10 Å². The highest BCUT2D eigenvalue weighted by atomic mass is 79.9. The Bertz CT molecular complexity index is 1120. The third-order valence-corrected chi connectivity index (χ3v) is 7.24. The van der Waals surface area contributed by atoms with Gasteiger partial charge in [-0.1, -0.05) is 6.07 Å². The van der Waals surface area contributed by atoms with Crippen molar-refractivity contribution >= 4 is 47.6 Å². The van der Waals surface area contributed by atoms with E-state index in [1.54, 1.807) is 4.57 Å². The molecule has 4 heterocycles. The minimum absolute atomic E-state index is 0.0365. The number of benzene rings is 1. The molecule has 2 aromatic heterocycles. The number of aryl methyl sites for hydroxylation is 1. The maximum absolute atomic E-state index is 13.0. The molecule has 0 aliphatic carbocycles. The van der Waals surface area contributed by atoms with Crippen LogP contribution >= 0.6 is 27.3 Å². The quantitative estimate of drug-likeness (QED) is 0.605. The summed E-state index contributed by atoms with van der Waals surface area (Å²) in [7, 11) is 0. The summed E-state index contributed by atoms with van der Waals surface area (Å²) in [4.78, 5) is 20.7. The fraction of sp³-hybridized carbons (Fsp3) is 0.500. The van der Waals surface area contributed by atoms with E-state index >= 15 is 0 Å². The Balaban J connectivity index is 1.45. The molecule has 0 bridgehead atoms. The summed E-state index contributed by atoms with van der Waals surface area (Å²) in [5, 5.41) is 12.0. The van der Waals surface area contributed by atoms with Crippen molar-refractivity contribution in [1.29, 1.82) is 0 Å². The van der Waals surface area contributed by atoms with Crippen LogP contribution in [0.25, 0.3) is 20.3 Å². The molecular formula is C20H22BrN3O4S. The Morgan fingerprint density at radius 2 is 2.14 bits per heavy atom. The topological polar surface area (TPSA) is 76.8 Å². The van der Waals surface area contributed by atoms with E-state index in [9.17, 15) is 9.90 Å². The molecule has 1 aromatic carbocycles. The van der Waals surface area contributed by atoms with Gasteiger partial charge in [0, 0.05) is 38.0 Å². The van der Waals surface area contributed by atoms with Crippen LogP contribution < -0.4 is 10.3 Å². The van der Waals surface area contributed by atoms with Gasteiger partial charge in [-0.25, -0.2) is 4.98 Å². The predicted octanol–water partition coefficient (Wildman–Crippen LogP) is 2.39. The van der Waals surface area contributed by atoms with E-state index in [-0.39, 0.29) is 12.2 Å². The number of hydrogen-bond donors (Lipinski definition) is 1. The van der Waals surface area contributed by atoms with Gasteiger partial charge in [0.05, 0.1) is 27.8 Å². The van der Waals surface area contributed by atoms with Crippen molar-refractivity contribution in [3.05, 3.63) is 32.8 Å². The molecule has 0 saturated carbocycles. The van der Waals surface area contributed by atoms with Gasteiger partial charge in [0.1, 0.15) is 23.4 Å². The first-order valence-corrected chi connectivity index (χ1v) is 11.5. The highest BCUT2D eigenvalue weighted by Crippen LogP contribution is 2.41. The molecule has 0 radical (unpaired) electrons. The molecule has 1 fully saturated rings. The second-order valence-corrected chi connectivity index (χ2v) is 9.36. The van der Waals surface area contributed by atoms with Crippen LogP contribution in [0.5, 0.6) is 5.75 Å². The molecule has 29 heavy (non-hydrogen) atoms. The number of rotatable bonds is 5. The van der Waals surface area contributed by atoms with Gasteiger partial charge in [0.2, 0.25) is 0 Å². The number of fused-ring (bicyclic) bond motifs is 4. The zero-order valence-corrected chi connectivity index (χ0v) is 18.3. The molecule has 0 spiro atoms. The van der Waals surface area contributed by atoms with Crippen LogP contribution in [-0.2, 0) is 17.7 Å². The predicted molar refractivity (Wildman–Crippen MR) is 116 cm³/mol. The van der Waals surface area contributed by atoms with E-state index in [0.717, 1.165) is 57.7 Å². The molecule has 1 unspecified atom stereocenters. The van der Waals surface area contributed by atoms with Gasteiger partial charge >= 0.3 is 0 Å². The molecule has 1 N–H and O–H groups in total. The van der Waals surface area contributed by atoms with Gasteiger partial charge < -0.3 is 14.6 Å². The van der Waals surface area contributed by atoms with Gasteiger partial charge in [-0.15, -0.1) is 11.3 Å². The van der Waals surface area contributed by atoms with Crippen molar-refractivity contribution in [2.45, 2.75) is 25.5 Å². The Labute approximate surface area is 180 Å². The normalized spacial score (nSPS) is 18.4. The summed E-state index contributed by atoms with van der Waals surface area (Å²) < 4.78 is 14.9. The third kappa shape index (κ3) is 3.59. The first kappa shape index (κ1) is 19.4. The molecule has 1 atom stereocenters. The van der Waals surface area contributed by atoms with E-state index in [1.807, 2.05) is 12.1 Å². The Morgan fingerprint density at radius 3 is 2.97 bits per heavy atom. The Morgan fingerprint density at radius 1 is 1.31 bits per heavy atom. The van der Waals surface area contributed by atoms with Crippen LogP contribution in [0.2, 0.25) is 0 Å². The zero-order chi connectivity index (χ0) is 20.0. The second kappa shape index (κ2) is 7.96. The summed E-state index contributed by atoms with van der Waals surface area (Å²) in [6.45, 7) is 4.53. The van der Waals surface area contributed by atoms with E-state index in [4.69, 9.17) is 14.5 Å². The van der Waals surface area contributed by atoms with E-state index in [2.05, 4.69) is 20.8 Å². The van der Waals surface area contributed by atoms with E-state index in [1.165, 1.54) is 11.3 Å². The molecule has 2 aliphatic rings. The van der Waals surface area contributed by atoms with Crippen LogP contribution in [0.4, 0.5) is 0 Å². The lowest BCUT2D eigenvalue weighted by molar-refractivity contribution is 0.00475. The van der Waals surface area contributed by atoms with Gasteiger partial charge in [-0.2, -0.15) is 0 Å². The fourth-order valence-electron chi connectivity index (χ4n) is 4.08. The number of morpholine rings is 1. The number of halogens is 1.